The molecule has 1 saturated heterocycles. The Kier molecular flexibility index (Phi) is 5.13. The third-order valence-electron chi connectivity index (χ3n) is 4.29. The first-order valence-corrected chi connectivity index (χ1v) is 8.91. The molecule has 3 heterocycles. The molecule has 0 unspecified atom stereocenters. The molecule has 0 aliphatic carbocycles. The molecule has 2 aromatic rings. The van der Waals surface area contributed by atoms with Gasteiger partial charge in [0.15, 0.2) is 5.78 Å². The van der Waals surface area contributed by atoms with Crippen LogP contribution in [0.1, 0.15) is 53.7 Å². The number of hydrogen-bond acceptors (Lipinski definition) is 6. The minimum absolute atomic E-state index is 0.0435. The minimum atomic E-state index is 0.0435. The van der Waals surface area contributed by atoms with Crippen LogP contribution in [0.4, 0.5) is 0 Å². The van der Waals surface area contributed by atoms with Gasteiger partial charge in [-0.05, 0) is 49.0 Å². The molecule has 1 fully saturated rings. The number of aromatic nitrogens is 3. The van der Waals surface area contributed by atoms with Crippen LogP contribution in [0.15, 0.2) is 24.4 Å². The Hall–Kier alpha value is -1.66. The first kappa shape index (κ1) is 16.2. The lowest BCUT2D eigenvalue weighted by molar-refractivity contribution is 0.0807. The van der Waals surface area contributed by atoms with Crippen molar-refractivity contribution < 1.29 is 4.79 Å². The predicted octanol–water partition coefficient (Wildman–Crippen LogP) is 3.15. The Bertz CT molecular complexity index is 656. The van der Waals surface area contributed by atoms with Crippen molar-refractivity contribution >= 4 is 17.3 Å². The Morgan fingerprint density at radius 2 is 2.30 bits per heavy atom. The lowest BCUT2D eigenvalue weighted by atomic mass is 9.92. The summed E-state index contributed by atoms with van der Waals surface area (Å²) in [6.07, 6.45) is 3.68. The van der Waals surface area contributed by atoms with E-state index >= 15 is 0 Å². The third kappa shape index (κ3) is 3.82. The monoisotopic (exact) mass is 330 g/mol. The van der Waals surface area contributed by atoms with Crippen molar-refractivity contribution in [1.82, 2.24) is 19.5 Å². The largest absolute Gasteiger partial charge is 0.297 e. The number of Topliss-reactive ketones (excluding diaryl/α,β-unsaturated/α-hetero) is 1. The Morgan fingerprint density at radius 3 is 3.04 bits per heavy atom. The van der Waals surface area contributed by atoms with Crippen molar-refractivity contribution in [2.75, 3.05) is 13.1 Å². The highest BCUT2D eigenvalue weighted by Gasteiger charge is 2.28. The molecule has 0 saturated carbocycles. The summed E-state index contributed by atoms with van der Waals surface area (Å²) in [5.74, 6) is 0.600. The number of likely N-dealkylation sites (tertiary alicyclic amines) is 1. The van der Waals surface area contributed by atoms with Crippen LogP contribution in [0, 0.1) is 5.92 Å². The van der Waals surface area contributed by atoms with Crippen LogP contribution in [-0.2, 0) is 6.54 Å². The van der Waals surface area contributed by atoms with Gasteiger partial charge >= 0.3 is 0 Å². The first-order chi connectivity index (χ1) is 11.1. The molecule has 2 aromatic heterocycles. The maximum atomic E-state index is 12.6. The van der Waals surface area contributed by atoms with Crippen LogP contribution in [0.2, 0.25) is 0 Å². The van der Waals surface area contributed by atoms with Gasteiger partial charge in [0.25, 0.3) is 0 Å². The summed E-state index contributed by atoms with van der Waals surface area (Å²) >= 11 is 1.48. The second-order valence-corrected chi connectivity index (χ2v) is 7.23. The molecule has 1 aliphatic heterocycles. The fourth-order valence-corrected chi connectivity index (χ4v) is 3.94. The number of ketones is 1. The van der Waals surface area contributed by atoms with E-state index in [2.05, 4.69) is 33.3 Å². The van der Waals surface area contributed by atoms with E-state index < -0.39 is 0 Å². The van der Waals surface area contributed by atoms with E-state index in [0.29, 0.717) is 11.6 Å². The molecule has 23 heavy (non-hydrogen) atoms. The van der Waals surface area contributed by atoms with Crippen LogP contribution >= 0.6 is 11.5 Å². The summed E-state index contributed by atoms with van der Waals surface area (Å²) in [6.45, 7) is 6.96. The minimum Gasteiger partial charge on any atom is -0.297 e. The van der Waals surface area contributed by atoms with E-state index in [4.69, 9.17) is 0 Å². The number of pyridine rings is 1. The summed E-state index contributed by atoms with van der Waals surface area (Å²) in [5.41, 5.74) is 1.68. The van der Waals surface area contributed by atoms with E-state index in [9.17, 15) is 4.79 Å². The van der Waals surface area contributed by atoms with E-state index in [-0.39, 0.29) is 11.7 Å². The molecule has 1 aliphatic rings. The van der Waals surface area contributed by atoms with Gasteiger partial charge in [-0.2, -0.15) is 0 Å². The Balaban J connectivity index is 1.66. The van der Waals surface area contributed by atoms with Crippen molar-refractivity contribution in [3.63, 3.8) is 0 Å². The summed E-state index contributed by atoms with van der Waals surface area (Å²) < 4.78 is 4.10. The van der Waals surface area contributed by atoms with Crippen LogP contribution in [-0.4, -0.2) is 38.3 Å². The molecule has 1 atom stereocenters. The van der Waals surface area contributed by atoms with Gasteiger partial charge < -0.3 is 0 Å². The molecular weight excluding hydrogens is 308 g/mol. The molecule has 0 N–H and O–H groups in total. The number of nitrogens with zero attached hydrogens (tertiary/aromatic N) is 4. The van der Waals surface area contributed by atoms with Gasteiger partial charge in [0.05, 0.1) is 10.6 Å². The summed E-state index contributed by atoms with van der Waals surface area (Å²) in [6, 6.07) is 5.53. The topological polar surface area (TPSA) is 59.0 Å². The normalized spacial score (nSPS) is 19.2. The van der Waals surface area contributed by atoms with E-state index in [1.807, 2.05) is 18.2 Å². The fraction of sp³-hybridized carbons (Fsp3) is 0.529. The van der Waals surface area contributed by atoms with Crippen molar-refractivity contribution in [3.05, 3.63) is 40.7 Å². The number of rotatable bonds is 5. The second-order valence-electron chi connectivity index (χ2n) is 6.39. The van der Waals surface area contributed by atoms with E-state index in [1.165, 1.54) is 16.4 Å². The van der Waals surface area contributed by atoms with Gasteiger partial charge in [0.1, 0.15) is 5.69 Å². The Morgan fingerprint density at radius 1 is 1.43 bits per heavy atom. The predicted molar refractivity (Wildman–Crippen MR) is 90.6 cm³/mol. The molecule has 0 amide bonds. The molecule has 122 valence electrons. The zero-order valence-corrected chi connectivity index (χ0v) is 14.4. The van der Waals surface area contributed by atoms with E-state index in [0.717, 1.165) is 38.2 Å². The second kappa shape index (κ2) is 7.27. The Labute approximate surface area is 140 Å². The molecule has 0 radical (unpaired) electrons. The third-order valence-corrected chi connectivity index (χ3v) is 5.01. The van der Waals surface area contributed by atoms with Crippen LogP contribution in [0.3, 0.4) is 0 Å². The summed E-state index contributed by atoms with van der Waals surface area (Å²) in [5, 5.41) is 4.25. The van der Waals surface area contributed by atoms with Crippen molar-refractivity contribution in [2.24, 2.45) is 5.92 Å². The smallest absolute Gasteiger partial charge is 0.185 e. The van der Waals surface area contributed by atoms with Crippen molar-refractivity contribution in [3.8, 4) is 0 Å². The molecule has 3 rings (SSSR count). The first-order valence-electron chi connectivity index (χ1n) is 8.14. The van der Waals surface area contributed by atoms with Gasteiger partial charge in [-0.25, -0.2) is 0 Å². The van der Waals surface area contributed by atoms with Gasteiger partial charge in [0, 0.05) is 25.2 Å². The van der Waals surface area contributed by atoms with Gasteiger partial charge in [-0.15, -0.1) is 5.10 Å². The SMILES string of the molecule is CC(C)c1nnsc1CN1CCC[C@@H](C(=O)c2ccccn2)C1. The molecule has 5 nitrogen and oxygen atoms in total. The fourth-order valence-electron chi connectivity index (χ4n) is 3.10. The molecule has 0 bridgehead atoms. The zero-order chi connectivity index (χ0) is 16.2. The number of carbonyl (C=O) groups is 1. The highest BCUT2D eigenvalue weighted by atomic mass is 32.1. The van der Waals surface area contributed by atoms with Gasteiger partial charge in [-0.3, -0.25) is 14.7 Å². The van der Waals surface area contributed by atoms with Crippen molar-refractivity contribution in [2.45, 2.75) is 39.2 Å². The lowest BCUT2D eigenvalue weighted by Crippen LogP contribution is -2.38. The molecule has 0 spiro atoms. The van der Waals surface area contributed by atoms with Crippen molar-refractivity contribution in [1.29, 1.82) is 0 Å². The quantitative estimate of drug-likeness (QED) is 0.788. The summed E-state index contributed by atoms with van der Waals surface area (Å²) in [4.78, 5) is 20.4. The zero-order valence-electron chi connectivity index (χ0n) is 13.6. The van der Waals surface area contributed by atoms with Crippen LogP contribution < -0.4 is 0 Å². The summed E-state index contributed by atoms with van der Waals surface area (Å²) in [7, 11) is 0. The standard InChI is InChI=1S/C17H22N4OS/c1-12(2)16-15(23-20-19-16)11-21-9-5-6-13(10-21)17(22)14-7-3-4-8-18-14/h3-4,7-8,12-13H,5-6,9-11H2,1-2H3/t13-/m1/s1. The highest BCUT2D eigenvalue weighted by Crippen LogP contribution is 2.25. The number of piperidine rings is 1. The molecular formula is C17H22N4OS. The average molecular weight is 330 g/mol. The van der Waals surface area contributed by atoms with Crippen LogP contribution in [0.25, 0.3) is 0 Å². The van der Waals surface area contributed by atoms with Gasteiger partial charge in [0.2, 0.25) is 0 Å². The maximum absolute atomic E-state index is 12.6. The van der Waals surface area contributed by atoms with E-state index in [1.54, 1.807) is 6.20 Å². The number of carbonyl (C=O) groups excluding carboxylic acids is 1. The average Bonchev–Trinajstić information content (AvgIpc) is 3.03. The lowest BCUT2D eigenvalue weighted by Gasteiger charge is -2.31. The molecule has 0 aromatic carbocycles. The molecule has 6 heteroatoms. The van der Waals surface area contributed by atoms with Gasteiger partial charge in [-0.1, -0.05) is 24.4 Å². The number of hydrogen-bond donors (Lipinski definition) is 0. The van der Waals surface area contributed by atoms with Crippen LogP contribution in [0.5, 0.6) is 0 Å². The highest BCUT2D eigenvalue weighted by molar-refractivity contribution is 7.05. The maximum Gasteiger partial charge on any atom is 0.185 e.